The number of rotatable bonds is 5. The molecule has 1 aromatic rings. The van der Waals surface area contributed by atoms with Crippen molar-refractivity contribution < 1.29 is 12.8 Å². The fourth-order valence-electron chi connectivity index (χ4n) is 1.98. The predicted octanol–water partition coefficient (Wildman–Crippen LogP) is 1.76. The van der Waals surface area contributed by atoms with Crippen LogP contribution in [-0.2, 0) is 10.0 Å². The summed E-state index contributed by atoms with van der Waals surface area (Å²) < 4.78 is 39.9. The molecule has 1 aliphatic rings. The lowest BCUT2D eigenvalue weighted by Crippen LogP contribution is -2.34. The number of hydrogen-bond acceptors (Lipinski definition) is 4. The second-order valence-corrected chi connectivity index (χ2v) is 6.34. The number of hydrogen-bond donors (Lipinski definition) is 0. The molecule has 0 unspecified atom stereocenters. The highest BCUT2D eigenvalue weighted by Crippen LogP contribution is 2.33. The Balaban J connectivity index is 2.46. The summed E-state index contributed by atoms with van der Waals surface area (Å²) in [6.45, 7) is 0.0604. The maximum atomic E-state index is 13.6. The molecule has 0 amide bonds. The Kier molecular flexibility index (Phi) is 4.03. The molecule has 7 heteroatoms. The number of nitrogens with zero attached hydrogens (tertiary/aromatic N) is 3. The van der Waals surface area contributed by atoms with Crippen LogP contribution in [-0.4, -0.2) is 25.3 Å². The van der Waals surface area contributed by atoms with Gasteiger partial charge in [0, 0.05) is 19.0 Å². The van der Waals surface area contributed by atoms with Gasteiger partial charge in [0.2, 0.25) is 10.0 Å². The van der Waals surface area contributed by atoms with Gasteiger partial charge in [-0.1, -0.05) is 6.07 Å². The fourth-order valence-corrected chi connectivity index (χ4v) is 3.82. The Morgan fingerprint density at radius 2 is 2.05 bits per heavy atom. The molecule has 0 atom stereocenters. The zero-order valence-corrected chi connectivity index (χ0v) is 11.4. The SMILES string of the molecule is N#CCCN(C1CC1)S(=O)(=O)c1cccc(F)c1C#N. The van der Waals surface area contributed by atoms with E-state index in [1.54, 1.807) is 6.07 Å². The summed E-state index contributed by atoms with van der Waals surface area (Å²) >= 11 is 0. The van der Waals surface area contributed by atoms with Gasteiger partial charge in [-0.25, -0.2) is 12.8 Å². The van der Waals surface area contributed by atoms with Gasteiger partial charge in [0.15, 0.2) is 0 Å². The molecule has 20 heavy (non-hydrogen) atoms. The average molecular weight is 293 g/mol. The standard InChI is InChI=1S/C13H12FN3O2S/c14-12-3-1-4-13(11(12)9-16)20(18,19)17(8-2-7-15)10-5-6-10/h1,3-4,10H,2,5-6,8H2. The van der Waals surface area contributed by atoms with E-state index in [0.29, 0.717) is 0 Å². The Labute approximate surface area is 116 Å². The van der Waals surface area contributed by atoms with E-state index in [2.05, 4.69) is 0 Å². The zero-order valence-electron chi connectivity index (χ0n) is 10.6. The van der Waals surface area contributed by atoms with E-state index >= 15 is 0 Å². The topological polar surface area (TPSA) is 85.0 Å². The van der Waals surface area contributed by atoms with Crippen LogP contribution in [0.3, 0.4) is 0 Å². The molecule has 0 heterocycles. The van der Waals surface area contributed by atoms with Crippen LogP contribution in [0.5, 0.6) is 0 Å². The maximum Gasteiger partial charge on any atom is 0.244 e. The molecule has 0 spiro atoms. The van der Waals surface area contributed by atoms with Crippen molar-refractivity contribution in [3.8, 4) is 12.1 Å². The molecular formula is C13H12FN3O2S. The minimum Gasteiger partial charge on any atom is -0.207 e. The van der Waals surface area contributed by atoms with Gasteiger partial charge in [0.05, 0.1) is 6.07 Å². The summed E-state index contributed by atoms with van der Waals surface area (Å²) in [6.07, 6.45) is 1.51. The van der Waals surface area contributed by atoms with Crippen molar-refractivity contribution in [3.05, 3.63) is 29.6 Å². The van der Waals surface area contributed by atoms with E-state index in [1.807, 2.05) is 6.07 Å². The van der Waals surface area contributed by atoms with Gasteiger partial charge >= 0.3 is 0 Å². The zero-order chi connectivity index (χ0) is 14.8. The molecule has 0 N–H and O–H groups in total. The van der Waals surface area contributed by atoms with Crippen LogP contribution < -0.4 is 0 Å². The van der Waals surface area contributed by atoms with Gasteiger partial charge in [0.1, 0.15) is 22.3 Å². The van der Waals surface area contributed by atoms with Crippen LogP contribution in [0.4, 0.5) is 4.39 Å². The highest BCUT2D eigenvalue weighted by molar-refractivity contribution is 7.89. The summed E-state index contributed by atoms with van der Waals surface area (Å²) in [5, 5.41) is 17.6. The average Bonchev–Trinajstić information content (AvgIpc) is 3.23. The monoisotopic (exact) mass is 293 g/mol. The molecule has 0 aliphatic heterocycles. The smallest absolute Gasteiger partial charge is 0.207 e. The summed E-state index contributed by atoms with van der Waals surface area (Å²) in [4.78, 5) is -0.329. The Hall–Kier alpha value is -1.96. The summed E-state index contributed by atoms with van der Waals surface area (Å²) in [7, 11) is -3.96. The molecule has 0 saturated heterocycles. The molecule has 0 radical (unpaired) electrons. The second kappa shape index (κ2) is 5.58. The van der Waals surface area contributed by atoms with Crippen LogP contribution in [0.1, 0.15) is 24.8 Å². The first-order chi connectivity index (χ1) is 9.52. The Bertz CT molecular complexity index is 699. The second-order valence-electron chi connectivity index (χ2n) is 4.48. The summed E-state index contributed by atoms with van der Waals surface area (Å²) in [6, 6.07) is 6.88. The number of sulfonamides is 1. The highest BCUT2D eigenvalue weighted by atomic mass is 32.2. The van der Waals surface area contributed by atoms with Gasteiger partial charge in [-0.05, 0) is 25.0 Å². The molecule has 0 aromatic heterocycles. The molecule has 1 saturated carbocycles. The number of nitriles is 2. The molecule has 1 fully saturated rings. The van der Waals surface area contributed by atoms with Crippen molar-refractivity contribution in [2.75, 3.05) is 6.54 Å². The third kappa shape index (κ3) is 2.64. The summed E-state index contributed by atoms with van der Waals surface area (Å²) in [5.41, 5.74) is -0.477. The molecule has 2 rings (SSSR count). The predicted molar refractivity (Wildman–Crippen MR) is 68.3 cm³/mol. The van der Waals surface area contributed by atoms with Gasteiger partial charge in [0.25, 0.3) is 0 Å². The highest BCUT2D eigenvalue weighted by Gasteiger charge is 2.39. The van der Waals surface area contributed by atoms with Gasteiger partial charge < -0.3 is 0 Å². The number of halogens is 1. The van der Waals surface area contributed by atoms with Crippen molar-refractivity contribution in [3.63, 3.8) is 0 Å². The van der Waals surface area contributed by atoms with Crippen molar-refractivity contribution in [2.45, 2.75) is 30.2 Å². The van der Waals surface area contributed by atoms with E-state index in [9.17, 15) is 12.8 Å². The first kappa shape index (κ1) is 14.4. The first-order valence-electron chi connectivity index (χ1n) is 6.09. The van der Waals surface area contributed by atoms with Crippen LogP contribution >= 0.6 is 0 Å². The molecule has 1 aromatic carbocycles. The minimum absolute atomic E-state index is 0.0604. The van der Waals surface area contributed by atoms with E-state index in [1.165, 1.54) is 16.4 Å². The molecule has 0 bridgehead atoms. The van der Waals surface area contributed by atoms with Gasteiger partial charge in [-0.15, -0.1) is 0 Å². The lowest BCUT2D eigenvalue weighted by atomic mass is 10.2. The van der Waals surface area contributed by atoms with Crippen LogP contribution in [0, 0.1) is 28.5 Å². The third-order valence-corrected chi connectivity index (χ3v) is 5.07. The van der Waals surface area contributed by atoms with Crippen LogP contribution in [0.25, 0.3) is 0 Å². The Morgan fingerprint density at radius 3 is 2.60 bits per heavy atom. The van der Waals surface area contributed by atoms with Crippen LogP contribution in [0.15, 0.2) is 23.1 Å². The lowest BCUT2D eigenvalue weighted by molar-refractivity contribution is 0.410. The van der Waals surface area contributed by atoms with Crippen molar-refractivity contribution in [1.82, 2.24) is 4.31 Å². The van der Waals surface area contributed by atoms with E-state index in [4.69, 9.17) is 10.5 Å². The quantitative estimate of drug-likeness (QED) is 0.828. The summed E-state index contributed by atoms with van der Waals surface area (Å²) in [5.74, 6) is -0.857. The first-order valence-corrected chi connectivity index (χ1v) is 7.53. The molecule has 104 valence electrons. The largest absolute Gasteiger partial charge is 0.244 e. The van der Waals surface area contributed by atoms with Gasteiger partial charge in [-0.2, -0.15) is 14.8 Å². The van der Waals surface area contributed by atoms with Crippen molar-refractivity contribution in [2.24, 2.45) is 0 Å². The third-order valence-electron chi connectivity index (χ3n) is 3.07. The van der Waals surface area contributed by atoms with Gasteiger partial charge in [-0.3, -0.25) is 0 Å². The van der Waals surface area contributed by atoms with Crippen molar-refractivity contribution in [1.29, 1.82) is 10.5 Å². The molecule has 5 nitrogen and oxygen atoms in total. The van der Waals surface area contributed by atoms with E-state index < -0.39 is 21.4 Å². The Morgan fingerprint density at radius 1 is 1.35 bits per heavy atom. The molecule has 1 aliphatic carbocycles. The van der Waals surface area contributed by atoms with Crippen LogP contribution in [0.2, 0.25) is 0 Å². The normalized spacial score (nSPS) is 14.8. The van der Waals surface area contributed by atoms with E-state index in [0.717, 1.165) is 18.9 Å². The fraction of sp³-hybridized carbons (Fsp3) is 0.385. The van der Waals surface area contributed by atoms with Crippen molar-refractivity contribution >= 4 is 10.0 Å². The minimum atomic E-state index is -3.96. The van der Waals surface area contributed by atoms with E-state index in [-0.39, 0.29) is 23.9 Å². The molecular weight excluding hydrogens is 281 g/mol. The maximum absolute atomic E-state index is 13.6. The number of benzene rings is 1. The lowest BCUT2D eigenvalue weighted by Gasteiger charge is -2.21.